The van der Waals surface area contributed by atoms with Crippen molar-refractivity contribution in [3.63, 3.8) is 0 Å². The van der Waals surface area contributed by atoms with Crippen LogP contribution in [0.2, 0.25) is 0 Å². The molecule has 11 heteroatoms. The number of hydrogen-bond donors (Lipinski definition) is 2. The Hall–Kier alpha value is -3.99. The Kier molecular flexibility index (Phi) is 5.61. The first-order chi connectivity index (χ1) is 16.1. The summed E-state index contributed by atoms with van der Waals surface area (Å²) in [4.78, 5) is 31.1. The molecule has 33 heavy (non-hydrogen) atoms. The van der Waals surface area contributed by atoms with E-state index < -0.39 is 11.7 Å². The number of nitrogens with one attached hydrogen (secondary N) is 2. The molecule has 2 amide bonds. The molecule has 0 saturated carbocycles. The van der Waals surface area contributed by atoms with E-state index in [2.05, 4.69) is 31.1 Å². The second kappa shape index (κ2) is 8.87. The van der Waals surface area contributed by atoms with E-state index in [4.69, 9.17) is 0 Å². The minimum Gasteiger partial charge on any atom is -0.319 e. The third kappa shape index (κ3) is 4.22. The predicted molar refractivity (Wildman–Crippen MR) is 120 cm³/mol. The molecule has 0 bridgehead atoms. The van der Waals surface area contributed by atoms with Gasteiger partial charge in [-0.1, -0.05) is 0 Å². The van der Waals surface area contributed by atoms with Crippen molar-refractivity contribution in [3.05, 3.63) is 76.4 Å². The molecule has 2 N–H and O–H groups in total. The van der Waals surface area contributed by atoms with E-state index in [0.717, 1.165) is 36.1 Å². The topological polar surface area (TPSA) is 115 Å². The second-order valence-corrected chi connectivity index (χ2v) is 8.59. The molecule has 0 aliphatic heterocycles. The van der Waals surface area contributed by atoms with Crippen LogP contribution in [-0.4, -0.2) is 37.0 Å². The van der Waals surface area contributed by atoms with Gasteiger partial charge >= 0.3 is 0 Å². The van der Waals surface area contributed by atoms with Crippen LogP contribution in [0.5, 0.6) is 0 Å². The quantitative estimate of drug-likeness (QED) is 0.467. The van der Waals surface area contributed by atoms with Crippen molar-refractivity contribution in [1.29, 1.82) is 0 Å². The standard InChI is InChI=1S/C22H18FN7O2S/c23-16-8-7-14(30-12-25-28-29-30)10-17(16)26-21(32)19-15-5-1-2-6-18(15)33-22(19)27-20(31)13-4-3-9-24-11-13/h3-4,7-12H,1-2,5-6H2,(H,26,32)(H,27,31). The van der Waals surface area contributed by atoms with E-state index in [1.807, 2.05) is 0 Å². The molecule has 166 valence electrons. The highest BCUT2D eigenvalue weighted by molar-refractivity contribution is 7.17. The van der Waals surface area contributed by atoms with Gasteiger partial charge in [0.25, 0.3) is 11.8 Å². The summed E-state index contributed by atoms with van der Waals surface area (Å²) in [6, 6.07) is 7.52. The summed E-state index contributed by atoms with van der Waals surface area (Å²) in [6.07, 6.45) is 7.95. The molecule has 0 atom stereocenters. The van der Waals surface area contributed by atoms with Crippen molar-refractivity contribution in [2.45, 2.75) is 25.7 Å². The summed E-state index contributed by atoms with van der Waals surface area (Å²) < 4.78 is 15.9. The normalized spacial score (nSPS) is 12.8. The van der Waals surface area contributed by atoms with Gasteiger partial charge in [0.05, 0.1) is 22.5 Å². The number of benzene rings is 1. The van der Waals surface area contributed by atoms with Crippen LogP contribution in [0, 0.1) is 5.82 Å². The highest BCUT2D eigenvalue weighted by Crippen LogP contribution is 2.39. The van der Waals surface area contributed by atoms with Crippen molar-refractivity contribution in [1.82, 2.24) is 25.2 Å². The number of thiophene rings is 1. The molecule has 3 heterocycles. The van der Waals surface area contributed by atoms with Gasteiger partial charge in [-0.3, -0.25) is 14.6 Å². The van der Waals surface area contributed by atoms with Gasteiger partial charge in [0, 0.05) is 17.3 Å². The Bertz CT molecular complexity index is 1320. The number of nitrogens with zero attached hydrogens (tertiary/aromatic N) is 5. The zero-order valence-corrected chi connectivity index (χ0v) is 18.1. The smallest absolute Gasteiger partial charge is 0.259 e. The molecular formula is C22H18FN7O2S. The molecule has 0 fully saturated rings. The number of tetrazole rings is 1. The maximum Gasteiger partial charge on any atom is 0.259 e. The third-order valence-electron chi connectivity index (χ3n) is 5.36. The van der Waals surface area contributed by atoms with E-state index in [-0.39, 0.29) is 11.6 Å². The number of carbonyl (C=O) groups excluding carboxylic acids is 2. The molecule has 3 aromatic heterocycles. The van der Waals surface area contributed by atoms with Crippen LogP contribution >= 0.6 is 11.3 Å². The molecule has 0 radical (unpaired) electrons. The number of hydrogen-bond acceptors (Lipinski definition) is 7. The average molecular weight is 463 g/mol. The van der Waals surface area contributed by atoms with Gasteiger partial charge in [-0.25, -0.2) is 9.07 Å². The van der Waals surface area contributed by atoms with Crippen molar-refractivity contribution in [2.75, 3.05) is 10.6 Å². The molecule has 0 unspecified atom stereocenters. The molecule has 1 aliphatic carbocycles. The average Bonchev–Trinajstić information content (AvgIpc) is 3.49. The number of fused-ring (bicyclic) bond motifs is 1. The number of rotatable bonds is 5. The number of pyridine rings is 1. The summed E-state index contributed by atoms with van der Waals surface area (Å²) in [5.41, 5.74) is 2.15. The van der Waals surface area contributed by atoms with Gasteiger partial charge in [0.2, 0.25) is 0 Å². The highest BCUT2D eigenvalue weighted by atomic mass is 32.1. The second-order valence-electron chi connectivity index (χ2n) is 7.48. The molecule has 1 aliphatic rings. The predicted octanol–water partition coefficient (Wildman–Crippen LogP) is 3.64. The fraction of sp³-hybridized carbons (Fsp3) is 0.182. The number of halogens is 1. The van der Waals surface area contributed by atoms with E-state index in [1.165, 1.54) is 46.7 Å². The van der Waals surface area contributed by atoms with Crippen molar-refractivity contribution in [2.24, 2.45) is 0 Å². The van der Waals surface area contributed by atoms with E-state index in [0.29, 0.717) is 21.8 Å². The van der Waals surface area contributed by atoms with Gasteiger partial charge in [-0.15, -0.1) is 16.4 Å². The number of aromatic nitrogens is 5. The van der Waals surface area contributed by atoms with Crippen LogP contribution in [0.4, 0.5) is 15.1 Å². The zero-order valence-electron chi connectivity index (χ0n) is 17.3. The molecular weight excluding hydrogens is 445 g/mol. The van der Waals surface area contributed by atoms with Crippen LogP contribution in [0.15, 0.2) is 49.1 Å². The summed E-state index contributed by atoms with van der Waals surface area (Å²) in [6.45, 7) is 0. The van der Waals surface area contributed by atoms with Gasteiger partial charge in [-0.2, -0.15) is 0 Å². The minimum atomic E-state index is -0.592. The lowest BCUT2D eigenvalue weighted by Crippen LogP contribution is -2.19. The Labute approximate surface area is 191 Å². The number of anilines is 2. The Morgan fingerprint density at radius 3 is 2.76 bits per heavy atom. The summed E-state index contributed by atoms with van der Waals surface area (Å²) in [5.74, 6) is -1.43. The van der Waals surface area contributed by atoms with Crippen LogP contribution < -0.4 is 10.6 Å². The van der Waals surface area contributed by atoms with Crippen molar-refractivity contribution < 1.29 is 14.0 Å². The Morgan fingerprint density at radius 1 is 1.09 bits per heavy atom. The highest BCUT2D eigenvalue weighted by Gasteiger charge is 2.27. The number of amides is 2. The molecule has 0 saturated heterocycles. The van der Waals surface area contributed by atoms with E-state index >= 15 is 0 Å². The van der Waals surface area contributed by atoms with Gasteiger partial charge in [0.15, 0.2) is 0 Å². The van der Waals surface area contributed by atoms with E-state index in [1.54, 1.807) is 18.3 Å². The van der Waals surface area contributed by atoms with E-state index in [9.17, 15) is 14.0 Å². The lowest BCUT2D eigenvalue weighted by atomic mass is 9.95. The number of carbonyl (C=O) groups is 2. The molecule has 5 rings (SSSR count). The summed E-state index contributed by atoms with van der Waals surface area (Å²) in [5, 5.41) is 16.9. The maximum atomic E-state index is 14.5. The van der Waals surface area contributed by atoms with Crippen LogP contribution in [0.3, 0.4) is 0 Å². The van der Waals surface area contributed by atoms with Gasteiger partial charge in [0.1, 0.15) is 17.1 Å². The fourth-order valence-electron chi connectivity index (χ4n) is 3.78. The lowest BCUT2D eigenvalue weighted by Gasteiger charge is -2.14. The van der Waals surface area contributed by atoms with Crippen LogP contribution in [0.25, 0.3) is 5.69 Å². The van der Waals surface area contributed by atoms with Crippen molar-refractivity contribution in [3.8, 4) is 5.69 Å². The minimum absolute atomic E-state index is 0.00621. The SMILES string of the molecule is O=C(Nc1sc2c(c1C(=O)Nc1cc(-n3cnnn3)ccc1F)CCCC2)c1cccnc1. The van der Waals surface area contributed by atoms with Gasteiger partial charge < -0.3 is 10.6 Å². The van der Waals surface area contributed by atoms with Gasteiger partial charge in [-0.05, 0) is 72.0 Å². The first kappa shape index (κ1) is 20.9. The first-order valence-corrected chi connectivity index (χ1v) is 11.1. The molecule has 9 nitrogen and oxygen atoms in total. The zero-order chi connectivity index (χ0) is 22.8. The Morgan fingerprint density at radius 2 is 1.97 bits per heavy atom. The number of aryl methyl sites for hydroxylation is 1. The van der Waals surface area contributed by atoms with Crippen LogP contribution in [0.1, 0.15) is 44.0 Å². The molecule has 0 spiro atoms. The maximum absolute atomic E-state index is 14.5. The lowest BCUT2D eigenvalue weighted by molar-refractivity contribution is 0.102. The summed E-state index contributed by atoms with van der Waals surface area (Å²) >= 11 is 1.39. The molecule has 4 aromatic rings. The third-order valence-corrected chi connectivity index (χ3v) is 6.57. The van der Waals surface area contributed by atoms with Crippen LogP contribution in [-0.2, 0) is 12.8 Å². The molecule has 1 aromatic carbocycles. The fourth-order valence-corrected chi connectivity index (χ4v) is 5.06. The van der Waals surface area contributed by atoms with Crippen molar-refractivity contribution >= 4 is 33.8 Å². The Balaban J connectivity index is 1.47. The summed E-state index contributed by atoms with van der Waals surface area (Å²) in [7, 11) is 0. The monoisotopic (exact) mass is 463 g/mol. The largest absolute Gasteiger partial charge is 0.319 e. The first-order valence-electron chi connectivity index (χ1n) is 10.3.